The molecule has 1 aromatic carbocycles. The maximum absolute atomic E-state index is 12.9. The van der Waals surface area contributed by atoms with E-state index in [1.165, 1.54) is 37.1 Å². The molecular formula is C22H22FN3O3. The lowest BCUT2D eigenvalue weighted by Crippen LogP contribution is -2.23. The lowest BCUT2D eigenvalue weighted by molar-refractivity contribution is 0.0919. The van der Waals surface area contributed by atoms with E-state index < -0.39 is 0 Å². The quantitative estimate of drug-likeness (QED) is 0.657. The molecule has 1 N–H and O–H groups in total. The van der Waals surface area contributed by atoms with Crippen LogP contribution in [0, 0.1) is 5.82 Å². The third-order valence-corrected chi connectivity index (χ3v) is 4.77. The number of hydrogen-bond acceptors (Lipinski definition) is 5. The highest BCUT2D eigenvalue weighted by molar-refractivity contribution is 5.91. The monoisotopic (exact) mass is 395 g/mol. The van der Waals surface area contributed by atoms with Crippen molar-refractivity contribution < 1.29 is 18.3 Å². The van der Waals surface area contributed by atoms with E-state index in [1.807, 2.05) is 12.1 Å². The minimum atomic E-state index is -0.323. The average molecular weight is 395 g/mol. The van der Waals surface area contributed by atoms with Gasteiger partial charge in [0.25, 0.3) is 5.91 Å². The van der Waals surface area contributed by atoms with Crippen LogP contribution in [0.3, 0.4) is 0 Å². The molecule has 1 saturated heterocycles. The summed E-state index contributed by atoms with van der Waals surface area (Å²) < 4.78 is 24.0. The fourth-order valence-corrected chi connectivity index (χ4v) is 3.22. The van der Waals surface area contributed by atoms with Crippen molar-refractivity contribution >= 4 is 11.7 Å². The number of hydrogen-bond donors (Lipinski definition) is 1. The minimum Gasteiger partial charge on any atom is -0.486 e. The predicted molar refractivity (Wildman–Crippen MR) is 106 cm³/mol. The Morgan fingerprint density at radius 3 is 2.72 bits per heavy atom. The number of amides is 1. The molecule has 29 heavy (non-hydrogen) atoms. The highest BCUT2D eigenvalue weighted by Crippen LogP contribution is 2.19. The molecule has 0 bridgehead atoms. The van der Waals surface area contributed by atoms with Crippen LogP contribution in [0.4, 0.5) is 10.2 Å². The van der Waals surface area contributed by atoms with E-state index in [0.29, 0.717) is 18.1 Å². The van der Waals surface area contributed by atoms with Gasteiger partial charge in [0.15, 0.2) is 5.76 Å². The summed E-state index contributed by atoms with van der Waals surface area (Å²) in [6.07, 6.45) is 4.15. The highest BCUT2D eigenvalue weighted by atomic mass is 19.1. The molecule has 0 aliphatic carbocycles. The summed E-state index contributed by atoms with van der Waals surface area (Å²) in [6.45, 7) is 2.60. The molecule has 1 aliphatic rings. The second-order valence-corrected chi connectivity index (χ2v) is 6.91. The Labute approximate surface area is 168 Å². The van der Waals surface area contributed by atoms with Crippen molar-refractivity contribution in [2.24, 2.45) is 0 Å². The maximum Gasteiger partial charge on any atom is 0.287 e. The van der Waals surface area contributed by atoms with Gasteiger partial charge in [-0.25, -0.2) is 9.37 Å². The predicted octanol–water partition coefficient (Wildman–Crippen LogP) is 3.92. The molecule has 0 spiro atoms. The topological polar surface area (TPSA) is 67.6 Å². The van der Waals surface area contributed by atoms with Crippen molar-refractivity contribution in [3.63, 3.8) is 0 Å². The molecule has 6 nitrogen and oxygen atoms in total. The Morgan fingerprint density at radius 2 is 1.93 bits per heavy atom. The van der Waals surface area contributed by atoms with Crippen LogP contribution in [0.5, 0.6) is 5.75 Å². The van der Waals surface area contributed by atoms with Crippen molar-refractivity contribution in [1.82, 2.24) is 10.3 Å². The number of furan rings is 1. The molecule has 0 radical (unpaired) electrons. The van der Waals surface area contributed by atoms with Gasteiger partial charge in [0, 0.05) is 25.8 Å². The van der Waals surface area contributed by atoms with Gasteiger partial charge in [-0.2, -0.15) is 0 Å². The summed E-state index contributed by atoms with van der Waals surface area (Å²) in [5.41, 5.74) is 0.988. The van der Waals surface area contributed by atoms with Crippen LogP contribution in [0.15, 0.2) is 59.1 Å². The molecule has 3 heterocycles. The minimum absolute atomic E-state index is 0.155. The second-order valence-electron chi connectivity index (χ2n) is 6.91. The third kappa shape index (κ3) is 4.93. The summed E-state index contributed by atoms with van der Waals surface area (Å²) in [7, 11) is 0. The Balaban J connectivity index is 1.30. The number of nitrogens with zero attached hydrogens (tertiary/aromatic N) is 2. The van der Waals surface area contributed by atoms with Crippen molar-refractivity contribution in [1.29, 1.82) is 0 Å². The van der Waals surface area contributed by atoms with Gasteiger partial charge >= 0.3 is 0 Å². The fraction of sp³-hybridized carbons (Fsp3) is 0.273. The first-order valence-electron chi connectivity index (χ1n) is 9.62. The zero-order valence-corrected chi connectivity index (χ0v) is 15.9. The molecule has 150 valence electrons. The Kier molecular flexibility index (Phi) is 5.74. The number of pyridine rings is 1. The van der Waals surface area contributed by atoms with E-state index in [-0.39, 0.29) is 24.1 Å². The van der Waals surface area contributed by atoms with Gasteiger partial charge in [-0.15, -0.1) is 0 Å². The largest absolute Gasteiger partial charge is 0.486 e. The first-order chi connectivity index (χ1) is 14.2. The first-order valence-corrected chi connectivity index (χ1v) is 9.62. The second kappa shape index (κ2) is 8.77. The normalized spacial score (nSPS) is 13.5. The highest BCUT2D eigenvalue weighted by Gasteiger charge is 2.15. The molecule has 4 rings (SSSR count). The molecule has 1 amide bonds. The zero-order chi connectivity index (χ0) is 20.1. The number of ether oxygens (including phenoxy) is 1. The Morgan fingerprint density at radius 1 is 1.14 bits per heavy atom. The third-order valence-electron chi connectivity index (χ3n) is 4.77. The number of nitrogens with one attached hydrogen (secondary N) is 1. The zero-order valence-electron chi connectivity index (χ0n) is 15.9. The average Bonchev–Trinajstić information content (AvgIpc) is 3.44. The molecular weight excluding hydrogens is 373 g/mol. The maximum atomic E-state index is 12.9. The number of anilines is 1. The van der Waals surface area contributed by atoms with Crippen LogP contribution in [-0.2, 0) is 13.2 Å². The van der Waals surface area contributed by atoms with Gasteiger partial charge < -0.3 is 19.4 Å². The summed E-state index contributed by atoms with van der Waals surface area (Å²) in [5, 5.41) is 2.86. The Hall–Kier alpha value is -3.35. The van der Waals surface area contributed by atoms with Crippen molar-refractivity contribution in [3.8, 4) is 5.75 Å². The summed E-state index contributed by atoms with van der Waals surface area (Å²) in [6, 6.07) is 12.9. The van der Waals surface area contributed by atoms with Gasteiger partial charge in [0.1, 0.15) is 29.8 Å². The number of aromatic nitrogens is 1. The van der Waals surface area contributed by atoms with Gasteiger partial charge in [-0.3, -0.25) is 4.79 Å². The molecule has 1 aliphatic heterocycles. The smallest absolute Gasteiger partial charge is 0.287 e. The number of carbonyl (C=O) groups excluding carboxylic acids is 1. The molecule has 1 fully saturated rings. The van der Waals surface area contributed by atoms with Crippen LogP contribution in [0.2, 0.25) is 0 Å². The van der Waals surface area contributed by atoms with Gasteiger partial charge in [-0.1, -0.05) is 0 Å². The molecule has 0 unspecified atom stereocenters. The van der Waals surface area contributed by atoms with Crippen molar-refractivity contribution in [3.05, 3.63) is 77.6 Å². The van der Waals surface area contributed by atoms with E-state index in [1.54, 1.807) is 18.3 Å². The molecule has 0 saturated carbocycles. The van der Waals surface area contributed by atoms with Gasteiger partial charge in [0.05, 0.1) is 0 Å². The standard InChI is InChI=1S/C22H22FN3O3/c23-17-3-5-18(6-4-17)28-15-19-7-8-20(29-19)22(27)25-14-16-9-10-24-21(13-16)26-11-1-2-12-26/h3-10,13H,1-2,11-12,14-15H2,(H,25,27). The lowest BCUT2D eigenvalue weighted by atomic mass is 10.2. The van der Waals surface area contributed by atoms with Crippen molar-refractivity contribution in [2.45, 2.75) is 26.0 Å². The summed E-state index contributed by atoms with van der Waals surface area (Å²) in [5.74, 6) is 1.60. The molecule has 7 heteroatoms. The molecule has 0 atom stereocenters. The Bertz CT molecular complexity index is 965. The van der Waals surface area contributed by atoms with E-state index >= 15 is 0 Å². The van der Waals surface area contributed by atoms with Crippen molar-refractivity contribution in [2.75, 3.05) is 18.0 Å². The van der Waals surface area contributed by atoms with Gasteiger partial charge in [-0.05, 0) is 66.9 Å². The van der Waals surface area contributed by atoms with E-state index in [2.05, 4.69) is 15.2 Å². The summed E-state index contributed by atoms with van der Waals surface area (Å²) in [4.78, 5) is 19.0. The van der Waals surface area contributed by atoms with Crippen LogP contribution in [-0.4, -0.2) is 24.0 Å². The van der Waals surface area contributed by atoms with E-state index in [4.69, 9.17) is 9.15 Å². The van der Waals surface area contributed by atoms with Crippen LogP contribution < -0.4 is 15.0 Å². The van der Waals surface area contributed by atoms with Crippen LogP contribution in [0.1, 0.15) is 34.7 Å². The number of carbonyl (C=O) groups is 1. The molecule has 2 aromatic heterocycles. The summed E-state index contributed by atoms with van der Waals surface area (Å²) >= 11 is 0. The number of halogens is 1. The van der Waals surface area contributed by atoms with Gasteiger partial charge in [0.2, 0.25) is 0 Å². The first kappa shape index (κ1) is 19.0. The lowest BCUT2D eigenvalue weighted by Gasteiger charge is -2.16. The van der Waals surface area contributed by atoms with Crippen LogP contribution >= 0.6 is 0 Å². The number of benzene rings is 1. The van der Waals surface area contributed by atoms with E-state index in [0.717, 1.165) is 24.5 Å². The van der Waals surface area contributed by atoms with E-state index in [9.17, 15) is 9.18 Å². The van der Waals surface area contributed by atoms with Crippen LogP contribution in [0.25, 0.3) is 0 Å². The fourth-order valence-electron chi connectivity index (χ4n) is 3.22. The molecule has 3 aromatic rings. The SMILES string of the molecule is O=C(NCc1ccnc(N2CCCC2)c1)c1ccc(COc2ccc(F)cc2)o1. The number of rotatable bonds is 7.